The maximum absolute atomic E-state index is 12.6. The summed E-state index contributed by atoms with van der Waals surface area (Å²) >= 11 is 0. The number of benzene rings is 2. The van der Waals surface area contributed by atoms with Crippen LogP contribution in [0.4, 0.5) is 57.5 Å². The Kier molecular flexibility index (Phi) is 21.1. The number of alkyl halides is 12. The highest BCUT2D eigenvalue weighted by Crippen LogP contribution is 2.36. The third-order valence-corrected chi connectivity index (χ3v) is 9.39. The van der Waals surface area contributed by atoms with Gasteiger partial charge in [-0.3, -0.25) is 19.4 Å². The highest BCUT2D eigenvalue weighted by atomic mass is 19.4. The Bertz CT molecular complexity index is 1800. The summed E-state index contributed by atoms with van der Waals surface area (Å²) in [5.74, 6) is 1.42. The molecule has 13 nitrogen and oxygen atoms in total. The molecule has 2 aliphatic heterocycles. The van der Waals surface area contributed by atoms with Crippen LogP contribution in [0.15, 0.2) is 36.4 Å². The second-order valence-electron chi connectivity index (χ2n) is 16.4. The smallest absolute Gasteiger partial charge is 0.434 e. The molecule has 0 atom stereocenters. The minimum atomic E-state index is -5.76. The predicted octanol–water partition coefficient (Wildman–Crippen LogP) is 7.28. The number of carbonyl (C=O) groups excluding carboxylic acids is 3. The lowest BCUT2D eigenvalue weighted by molar-refractivity contribution is -0.309. The molecule has 1 amide bonds. The van der Waals surface area contributed by atoms with Crippen LogP contribution in [-0.2, 0) is 36.9 Å². The quantitative estimate of drug-likeness (QED) is 0.105. The fourth-order valence-corrected chi connectivity index (χ4v) is 5.80. The number of halogens is 12. The van der Waals surface area contributed by atoms with Gasteiger partial charge in [-0.15, -0.1) is 0 Å². The summed E-state index contributed by atoms with van der Waals surface area (Å²) < 4.78 is 167. The number of aryl methyl sites for hydroxylation is 2. The lowest BCUT2D eigenvalue weighted by Gasteiger charge is -2.35. The first-order valence-corrected chi connectivity index (χ1v) is 20.0. The van der Waals surface area contributed by atoms with Gasteiger partial charge in [0.15, 0.2) is 0 Å². The second-order valence-corrected chi connectivity index (χ2v) is 16.4. The standard InChI is InChI=1S/C21H26F6N2O5.C17H26N2O3.C3H2F6O/c1-14-4-5-15(16(10-14)32-12-19(2,3)33-13-30)11-28-6-8-29(9-7-28)18(31)34-17(20(22,23)24)21(25,26)27;1-14-4-5-15(11-19-8-6-18-7-9-19)16(10-14)21-12-17(2,3)22-13-20;4-2(5,6)1(10)3(7,8)9/h4-5,10,13,17H,6-9,11-12H2,1-3H3;4-5,10,13,18H,6-9,11-12H2,1-3H3;1,10H. The van der Waals surface area contributed by atoms with Gasteiger partial charge in [0.25, 0.3) is 19.0 Å². The molecular weight excluding hydrogens is 920 g/mol. The molecule has 2 saturated heterocycles. The first kappa shape index (κ1) is 57.4. The molecule has 0 aromatic heterocycles. The zero-order valence-electron chi connectivity index (χ0n) is 36.8. The molecule has 0 bridgehead atoms. The van der Waals surface area contributed by atoms with Gasteiger partial charge in [0.2, 0.25) is 6.10 Å². The molecule has 2 fully saturated rings. The average molecular weight is 975 g/mol. The van der Waals surface area contributed by atoms with Gasteiger partial charge in [0.05, 0.1) is 0 Å². The van der Waals surface area contributed by atoms with Crippen LogP contribution in [-0.4, -0.2) is 153 Å². The molecule has 0 unspecified atom stereocenters. The van der Waals surface area contributed by atoms with Gasteiger partial charge in [-0.1, -0.05) is 24.3 Å². The van der Waals surface area contributed by atoms with E-state index in [2.05, 4.69) is 40.1 Å². The molecule has 2 N–H and O–H groups in total. The third-order valence-electron chi connectivity index (χ3n) is 9.39. The van der Waals surface area contributed by atoms with Gasteiger partial charge in [-0.05, 0) is 64.8 Å². The fourth-order valence-electron chi connectivity index (χ4n) is 5.80. The molecule has 66 heavy (non-hydrogen) atoms. The fraction of sp³-hybridized carbons (Fsp3) is 0.634. The summed E-state index contributed by atoms with van der Waals surface area (Å²) in [4.78, 5) is 38.2. The van der Waals surface area contributed by atoms with Crippen LogP contribution in [0.1, 0.15) is 49.9 Å². The number of ether oxygens (including phenoxy) is 5. The van der Waals surface area contributed by atoms with Crippen molar-refractivity contribution in [2.75, 3.05) is 65.6 Å². The number of aliphatic hydroxyl groups is 1. The number of nitrogens with zero attached hydrogens (tertiary/aromatic N) is 3. The second kappa shape index (κ2) is 24.3. The summed E-state index contributed by atoms with van der Waals surface area (Å²) in [7, 11) is 0. The topological polar surface area (TPSA) is 139 Å². The van der Waals surface area contributed by atoms with Gasteiger partial charge >= 0.3 is 30.8 Å². The Labute approximate surface area is 373 Å². The van der Waals surface area contributed by atoms with Crippen LogP contribution in [0, 0.1) is 13.8 Å². The van der Waals surface area contributed by atoms with Crippen molar-refractivity contribution in [3.05, 3.63) is 58.7 Å². The van der Waals surface area contributed by atoms with Crippen molar-refractivity contribution in [2.24, 2.45) is 0 Å². The molecule has 2 aromatic rings. The lowest BCUT2D eigenvalue weighted by atomic mass is 10.1. The third kappa shape index (κ3) is 20.4. The Hall–Kier alpha value is -4.75. The van der Waals surface area contributed by atoms with E-state index in [0.717, 1.165) is 60.1 Å². The van der Waals surface area contributed by atoms with Crippen LogP contribution in [0.5, 0.6) is 11.5 Å². The first-order chi connectivity index (χ1) is 30.3. The normalized spacial score (nSPS) is 15.8. The summed E-state index contributed by atoms with van der Waals surface area (Å²) in [5.41, 5.74) is 2.54. The van der Waals surface area contributed by atoms with Crippen molar-refractivity contribution in [1.82, 2.24) is 20.0 Å². The van der Waals surface area contributed by atoms with E-state index in [9.17, 15) is 67.1 Å². The van der Waals surface area contributed by atoms with Crippen LogP contribution in [0.2, 0.25) is 0 Å². The maximum atomic E-state index is 12.6. The lowest BCUT2D eigenvalue weighted by Crippen LogP contribution is -2.52. The van der Waals surface area contributed by atoms with Crippen LogP contribution in [0.3, 0.4) is 0 Å². The summed E-state index contributed by atoms with van der Waals surface area (Å²) in [6.07, 6.45) is -32.9. The SMILES string of the molecule is Cc1ccc(CN2CCN(C(=O)OC(C(F)(F)F)C(F)(F)F)CC2)c(OCC(C)(C)OC=O)c1.Cc1ccc(CN2CCNCC2)c(OCC(C)(C)OC=O)c1.OC(C(F)(F)F)C(F)(F)F. The van der Waals surface area contributed by atoms with Crippen LogP contribution >= 0.6 is 0 Å². The van der Waals surface area contributed by atoms with Gasteiger partial charge in [0, 0.05) is 76.6 Å². The molecule has 25 heteroatoms. The number of aliphatic hydroxyl groups excluding tert-OH is 1. The molecule has 0 aliphatic carbocycles. The number of rotatable bonds is 15. The van der Waals surface area contributed by atoms with E-state index in [0.29, 0.717) is 31.8 Å². The van der Waals surface area contributed by atoms with E-state index in [1.54, 1.807) is 19.9 Å². The van der Waals surface area contributed by atoms with Gasteiger partial charge in [-0.2, -0.15) is 52.7 Å². The largest absolute Gasteiger partial charge is 0.489 e. The number of hydrogen-bond donors (Lipinski definition) is 2. The number of piperazine rings is 2. The highest BCUT2D eigenvalue weighted by Gasteiger charge is 2.60. The van der Waals surface area contributed by atoms with Crippen molar-refractivity contribution in [3.63, 3.8) is 0 Å². The van der Waals surface area contributed by atoms with Gasteiger partial charge in [-0.25, -0.2) is 4.79 Å². The molecule has 0 saturated carbocycles. The Balaban J connectivity index is 0.000000397. The van der Waals surface area contributed by atoms with Crippen molar-refractivity contribution in [2.45, 2.75) is 103 Å². The number of carbonyl (C=O) groups is 3. The van der Waals surface area contributed by atoms with E-state index < -0.39 is 54.2 Å². The van der Waals surface area contributed by atoms with Crippen molar-refractivity contribution in [3.8, 4) is 11.5 Å². The van der Waals surface area contributed by atoms with Crippen molar-refractivity contribution in [1.29, 1.82) is 0 Å². The molecule has 0 spiro atoms. The Morgan fingerprint density at radius 2 is 1.02 bits per heavy atom. The van der Waals surface area contributed by atoms with Gasteiger partial charge < -0.3 is 39.0 Å². The molecule has 4 rings (SSSR count). The molecular formula is C41H54F12N4O9. The van der Waals surface area contributed by atoms with E-state index in [-0.39, 0.29) is 32.8 Å². The number of nitrogens with one attached hydrogen (secondary N) is 1. The minimum Gasteiger partial charge on any atom is -0.489 e. The van der Waals surface area contributed by atoms with E-state index >= 15 is 0 Å². The van der Waals surface area contributed by atoms with Crippen LogP contribution in [0.25, 0.3) is 0 Å². The van der Waals surface area contributed by atoms with Crippen molar-refractivity contribution < 1.29 is 95.9 Å². The Morgan fingerprint density at radius 1 is 0.636 bits per heavy atom. The molecule has 2 aromatic carbocycles. The van der Waals surface area contributed by atoms with E-state index in [4.69, 9.17) is 24.1 Å². The molecule has 0 radical (unpaired) electrons. The summed E-state index contributed by atoms with van der Waals surface area (Å²) in [6, 6.07) is 11.8. The minimum absolute atomic E-state index is 0.0847. The zero-order valence-corrected chi connectivity index (χ0v) is 36.8. The zero-order chi connectivity index (χ0) is 50.3. The average Bonchev–Trinajstić information content (AvgIpc) is 3.19. The summed E-state index contributed by atoms with van der Waals surface area (Å²) in [5, 5.41) is 10.8. The van der Waals surface area contributed by atoms with Gasteiger partial charge in [0.1, 0.15) is 35.9 Å². The molecule has 376 valence electrons. The first-order valence-electron chi connectivity index (χ1n) is 20.0. The monoisotopic (exact) mass is 974 g/mol. The Morgan fingerprint density at radius 3 is 1.35 bits per heavy atom. The van der Waals surface area contributed by atoms with E-state index in [1.165, 1.54) is 5.56 Å². The van der Waals surface area contributed by atoms with Crippen LogP contribution < -0.4 is 14.8 Å². The maximum Gasteiger partial charge on any atom is 0.434 e. The number of hydrogen-bond acceptors (Lipinski definition) is 12. The molecule has 2 aliphatic rings. The molecule has 2 heterocycles. The highest BCUT2D eigenvalue weighted by molar-refractivity contribution is 5.68. The van der Waals surface area contributed by atoms with Crippen molar-refractivity contribution >= 4 is 19.0 Å². The number of amides is 1. The predicted molar refractivity (Wildman–Crippen MR) is 211 cm³/mol. The van der Waals surface area contributed by atoms with E-state index in [1.807, 2.05) is 37.8 Å². The summed E-state index contributed by atoms with van der Waals surface area (Å²) in [6.45, 7) is 17.8.